The molecule has 0 saturated heterocycles. The summed E-state index contributed by atoms with van der Waals surface area (Å²) < 4.78 is 2.69. The lowest BCUT2D eigenvalue weighted by molar-refractivity contribution is 0.590. The van der Waals surface area contributed by atoms with E-state index in [1.807, 2.05) is 11.3 Å². The maximum Gasteiger partial charge on any atom is 0.264 e. The van der Waals surface area contributed by atoms with Crippen LogP contribution < -0.4 is 25.5 Å². The standard InChI is InChI=1S/C76H69BN2S/c1-73(2,3)54-31-35-63(58(42-54)47-22-17-14-18-23-47)79-66-41-52(46-20-15-13-16-21-46)40-65-70(66)77(72-71(79)60-44-56(75(7,8)9)33-37-67(60)80-72)61-45-57(76(10,11)12)32-36-64(61)78(65)62-34-30-55(74(4,5)6)43-59(62)53-38-50-28-26-48-24-19-25-49-27-29-51(39-53)69(50)68(48)49/h13-45H,1-12H3. The fourth-order valence-electron chi connectivity index (χ4n) is 13.1. The molecule has 2 aliphatic heterocycles. The Morgan fingerprint density at radius 2 is 0.800 bits per heavy atom. The zero-order chi connectivity index (χ0) is 55.4. The van der Waals surface area contributed by atoms with Gasteiger partial charge in [0.05, 0.1) is 17.1 Å². The largest absolute Gasteiger partial charge is 0.311 e. The molecule has 0 N–H and O–H groups in total. The van der Waals surface area contributed by atoms with Crippen LogP contribution in [-0.4, -0.2) is 6.71 Å². The lowest BCUT2D eigenvalue weighted by Crippen LogP contribution is -2.60. The summed E-state index contributed by atoms with van der Waals surface area (Å²) in [6.45, 7) is 28.1. The third-order valence-electron chi connectivity index (χ3n) is 17.6. The van der Waals surface area contributed by atoms with Crippen molar-refractivity contribution in [2.45, 2.75) is 105 Å². The summed E-state index contributed by atoms with van der Waals surface area (Å²) in [6, 6.07) is 77.7. The fraction of sp³-hybridized carbons (Fsp3) is 0.211. The number of benzene rings is 11. The maximum absolute atomic E-state index is 2.70. The van der Waals surface area contributed by atoms with E-state index in [0.29, 0.717) is 0 Å². The molecule has 11 aromatic carbocycles. The Morgan fingerprint density at radius 3 is 1.38 bits per heavy atom. The maximum atomic E-state index is 2.70. The van der Waals surface area contributed by atoms with Crippen LogP contribution in [0.3, 0.4) is 0 Å². The Labute approximate surface area is 477 Å². The molecule has 1 aromatic heterocycles. The molecule has 2 aliphatic rings. The van der Waals surface area contributed by atoms with Crippen molar-refractivity contribution >= 4 is 110 Å². The van der Waals surface area contributed by atoms with E-state index < -0.39 is 0 Å². The van der Waals surface area contributed by atoms with Gasteiger partial charge in [0.15, 0.2) is 0 Å². The van der Waals surface area contributed by atoms with Gasteiger partial charge in [-0.15, -0.1) is 11.3 Å². The number of nitrogens with zero attached hydrogens (tertiary/aromatic N) is 2. The Kier molecular flexibility index (Phi) is 11.2. The second kappa shape index (κ2) is 17.8. The van der Waals surface area contributed by atoms with E-state index in [1.165, 1.54) is 148 Å². The lowest BCUT2D eigenvalue weighted by atomic mass is 9.36. The zero-order valence-corrected chi connectivity index (χ0v) is 49.2. The molecule has 392 valence electrons. The highest BCUT2D eigenvalue weighted by molar-refractivity contribution is 7.33. The predicted molar refractivity (Wildman–Crippen MR) is 351 cm³/mol. The van der Waals surface area contributed by atoms with E-state index in [2.05, 4.69) is 293 Å². The first-order chi connectivity index (χ1) is 38.2. The second-order valence-corrected chi connectivity index (χ2v) is 28.1. The Morgan fingerprint density at radius 1 is 0.338 bits per heavy atom. The average Bonchev–Trinajstić information content (AvgIpc) is 4.03. The van der Waals surface area contributed by atoms with Gasteiger partial charge in [-0.3, -0.25) is 0 Å². The van der Waals surface area contributed by atoms with Crippen LogP contribution in [0.25, 0.3) is 75.8 Å². The molecule has 80 heavy (non-hydrogen) atoms. The average molecular weight is 1050 g/mol. The molecule has 0 radical (unpaired) electrons. The first-order valence-corrected chi connectivity index (χ1v) is 29.6. The summed E-state index contributed by atoms with van der Waals surface area (Å²) in [5, 5.41) is 9.08. The van der Waals surface area contributed by atoms with Gasteiger partial charge in [-0.25, -0.2) is 0 Å². The van der Waals surface area contributed by atoms with Crippen LogP contribution in [0.5, 0.6) is 0 Å². The monoisotopic (exact) mass is 1050 g/mol. The molecule has 4 heteroatoms. The third kappa shape index (κ3) is 8.03. The van der Waals surface area contributed by atoms with Gasteiger partial charge in [0, 0.05) is 43.1 Å². The van der Waals surface area contributed by atoms with E-state index in [0.717, 1.165) is 0 Å². The van der Waals surface area contributed by atoms with Crippen molar-refractivity contribution in [1.82, 2.24) is 0 Å². The second-order valence-electron chi connectivity index (χ2n) is 27.0. The molecule has 0 amide bonds. The molecule has 0 bridgehead atoms. The molecular weight excluding hydrogens is 984 g/mol. The first-order valence-electron chi connectivity index (χ1n) is 28.8. The normalized spacial score (nSPS) is 13.7. The molecule has 14 rings (SSSR count). The van der Waals surface area contributed by atoms with Crippen LogP contribution in [0.1, 0.15) is 105 Å². The number of hydrogen-bond donors (Lipinski definition) is 0. The molecule has 3 heterocycles. The van der Waals surface area contributed by atoms with E-state index in [-0.39, 0.29) is 28.4 Å². The van der Waals surface area contributed by atoms with Gasteiger partial charge in [-0.05, 0) is 176 Å². The summed E-state index contributed by atoms with van der Waals surface area (Å²) in [4.78, 5) is 5.38. The molecule has 0 saturated carbocycles. The summed E-state index contributed by atoms with van der Waals surface area (Å²) in [5.74, 6) is 0. The fourth-order valence-corrected chi connectivity index (χ4v) is 14.4. The van der Waals surface area contributed by atoms with Gasteiger partial charge < -0.3 is 9.80 Å². The van der Waals surface area contributed by atoms with Crippen LogP contribution in [0.2, 0.25) is 0 Å². The quantitative estimate of drug-likeness (QED) is 0.125. The molecule has 0 fully saturated rings. The minimum atomic E-state index is -0.0910. The molecule has 0 spiro atoms. The number of rotatable bonds is 5. The van der Waals surface area contributed by atoms with Crippen molar-refractivity contribution < 1.29 is 0 Å². The Bertz CT molecular complexity index is 4400. The van der Waals surface area contributed by atoms with Gasteiger partial charge in [0.1, 0.15) is 0 Å². The number of fused-ring (bicyclic) bond motifs is 6. The van der Waals surface area contributed by atoms with Gasteiger partial charge in [-0.2, -0.15) is 0 Å². The van der Waals surface area contributed by atoms with E-state index >= 15 is 0 Å². The number of thiophene rings is 1. The van der Waals surface area contributed by atoms with Crippen LogP contribution in [0, 0.1) is 0 Å². The van der Waals surface area contributed by atoms with E-state index in [1.54, 1.807) is 0 Å². The van der Waals surface area contributed by atoms with Crippen molar-refractivity contribution in [3.8, 4) is 33.4 Å². The SMILES string of the molecule is CC(C)(C)c1ccc2c(c1)B1c3sc4ccc(C(C)(C)C)cc4c3N(c3ccc(C(C)(C)C)cc3-c3ccccc3)c3cc(-c4ccccc4)cc(c31)N2c1ccc(C(C)(C)C)cc1-c1cc2ccc3cccc4ccc(c1)c2c34. The highest BCUT2D eigenvalue weighted by atomic mass is 32.1. The molecular formula is C76H69BN2S. The number of hydrogen-bond acceptors (Lipinski definition) is 3. The predicted octanol–water partition coefficient (Wildman–Crippen LogP) is 20.1. The van der Waals surface area contributed by atoms with Crippen molar-refractivity contribution in [3.63, 3.8) is 0 Å². The van der Waals surface area contributed by atoms with Crippen LogP contribution in [0.15, 0.2) is 200 Å². The molecule has 0 aliphatic carbocycles. The zero-order valence-electron chi connectivity index (χ0n) is 48.4. The third-order valence-corrected chi connectivity index (χ3v) is 18.8. The van der Waals surface area contributed by atoms with Crippen molar-refractivity contribution in [2.75, 3.05) is 9.80 Å². The summed E-state index contributed by atoms with van der Waals surface area (Å²) in [7, 11) is 0. The van der Waals surface area contributed by atoms with Crippen LogP contribution in [-0.2, 0) is 21.7 Å². The molecule has 0 atom stereocenters. The summed E-state index contributed by atoms with van der Waals surface area (Å²) >= 11 is 1.99. The molecule has 0 unspecified atom stereocenters. The highest BCUT2D eigenvalue weighted by Crippen LogP contribution is 2.54. The van der Waals surface area contributed by atoms with E-state index in [4.69, 9.17) is 0 Å². The summed E-state index contributed by atoms with van der Waals surface area (Å²) in [5.41, 5.74) is 22.2. The van der Waals surface area contributed by atoms with Gasteiger partial charge in [0.25, 0.3) is 6.71 Å². The van der Waals surface area contributed by atoms with Crippen molar-refractivity contribution in [1.29, 1.82) is 0 Å². The van der Waals surface area contributed by atoms with Crippen LogP contribution in [0.4, 0.5) is 34.1 Å². The van der Waals surface area contributed by atoms with Gasteiger partial charge >= 0.3 is 0 Å². The smallest absolute Gasteiger partial charge is 0.264 e. The lowest BCUT2D eigenvalue weighted by Gasteiger charge is -2.45. The first kappa shape index (κ1) is 50.3. The van der Waals surface area contributed by atoms with Gasteiger partial charge in [-0.1, -0.05) is 217 Å². The molecule has 2 nitrogen and oxygen atoms in total. The molecule has 12 aromatic rings. The van der Waals surface area contributed by atoms with Crippen molar-refractivity contribution in [2.24, 2.45) is 0 Å². The minimum Gasteiger partial charge on any atom is -0.311 e. The Balaban J connectivity index is 1.13. The van der Waals surface area contributed by atoms with Crippen molar-refractivity contribution in [3.05, 3.63) is 222 Å². The van der Waals surface area contributed by atoms with Gasteiger partial charge in [0.2, 0.25) is 0 Å². The topological polar surface area (TPSA) is 6.48 Å². The summed E-state index contributed by atoms with van der Waals surface area (Å²) in [6.07, 6.45) is 0. The highest BCUT2D eigenvalue weighted by Gasteiger charge is 2.47. The van der Waals surface area contributed by atoms with Crippen LogP contribution >= 0.6 is 11.3 Å². The minimum absolute atomic E-state index is 0.0484. The van der Waals surface area contributed by atoms with E-state index in [9.17, 15) is 0 Å². The Hall–Kier alpha value is -7.92. The number of anilines is 6.